The molecule has 0 saturated carbocycles. The Hall–Kier alpha value is 0.434. The van der Waals surface area contributed by atoms with Crippen molar-refractivity contribution in [1.82, 2.24) is 0 Å². The van der Waals surface area contributed by atoms with Crippen molar-refractivity contribution in [3.05, 3.63) is 0 Å². The van der Waals surface area contributed by atoms with Crippen LogP contribution in [0.2, 0.25) is 0 Å². The third-order valence-corrected chi connectivity index (χ3v) is 3.30. The third-order valence-electron chi connectivity index (χ3n) is 0.534. The van der Waals surface area contributed by atoms with Gasteiger partial charge in [-0.05, 0) is 0 Å². The van der Waals surface area contributed by atoms with Crippen LogP contribution in [-0.2, 0) is 26.4 Å². The Kier molecular flexibility index (Phi) is 3.74. The monoisotopic (exact) mass is 187 g/mol. The molecule has 0 spiro atoms. The van der Waals surface area contributed by atoms with E-state index in [1.165, 1.54) is 0 Å². The first-order valence-corrected chi connectivity index (χ1v) is 5.76. The first-order valence-electron chi connectivity index (χ1n) is 2.51. The summed E-state index contributed by atoms with van der Waals surface area (Å²) >= 11 is 0.389. The van der Waals surface area contributed by atoms with E-state index >= 15 is 0 Å². The Labute approximate surface area is 61.9 Å². The zero-order valence-corrected chi connectivity index (χ0v) is 7.57. The summed E-state index contributed by atoms with van der Waals surface area (Å²) in [6.07, 6.45) is -0.310. The molecular formula is C4H8ClO3Ti. The van der Waals surface area contributed by atoms with E-state index in [1.807, 2.05) is 0 Å². The maximum atomic E-state index is 10.5. The van der Waals surface area contributed by atoms with Gasteiger partial charge in [0.1, 0.15) is 0 Å². The van der Waals surface area contributed by atoms with Gasteiger partial charge in [0, 0.05) is 0 Å². The quantitative estimate of drug-likeness (QED) is 0.610. The van der Waals surface area contributed by atoms with Gasteiger partial charge in [0.2, 0.25) is 0 Å². The van der Waals surface area contributed by atoms with E-state index in [4.69, 9.17) is 11.6 Å². The minimum absolute atomic E-state index is 0.310. The van der Waals surface area contributed by atoms with E-state index < -0.39 is 16.5 Å². The van der Waals surface area contributed by atoms with Crippen molar-refractivity contribution in [1.29, 1.82) is 0 Å². The molecule has 0 aliphatic carbocycles. The van der Waals surface area contributed by atoms with Crippen molar-refractivity contribution in [2.24, 2.45) is 0 Å². The summed E-state index contributed by atoms with van der Waals surface area (Å²) in [5.41, 5.74) is 0. The predicted molar refractivity (Wildman–Crippen MR) is 29.5 cm³/mol. The Morgan fingerprint density at radius 3 is 2.11 bits per heavy atom. The SMILES string of the molecule is CC(C)[O][Ti](=[O])(=[O])=[CH]Cl. The van der Waals surface area contributed by atoms with Crippen molar-refractivity contribution < 1.29 is 26.4 Å². The summed E-state index contributed by atoms with van der Waals surface area (Å²) in [5.74, 6) is 0. The third kappa shape index (κ3) is 4.91. The van der Waals surface area contributed by atoms with E-state index in [1.54, 1.807) is 13.8 Å². The van der Waals surface area contributed by atoms with Crippen molar-refractivity contribution in [2.75, 3.05) is 0 Å². The second kappa shape index (κ2) is 3.57. The molecule has 0 aliphatic heterocycles. The molecule has 0 fully saturated rings. The summed E-state index contributed by atoms with van der Waals surface area (Å²) in [6, 6.07) is 0. The van der Waals surface area contributed by atoms with E-state index in [0.717, 1.165) is 0 Å². The summed E-state index contributed by atoms with van der Waals surface area (Å²) < 4.78 is 26.1. The summed E-state index contributed by atoms with van der Waals surface area (Å²) in [5, 5.41) is 0. The summed E-state index contributed by atoms with van der Waals surface area (Å²) in [4.78, 5) is 0. The van der Waals surface area contributed by atoms with Gasteiger partial charge in [-0.2, -0.15) is 0 Å². The van der Waals surface area contributed by atoms with Gasteiger partial charge in [0.25, 0.3) is 0 Å². The molecule has 0 atom stereocenters. The molecule has 0 N–H and O–H groups in total. The Bertz CT molecular complexity index is 225. The fourth-order valence-electron chi connectivity index (χ4n) is 0.354. The van der Waals surface area contributed by atoms with Crippen LogP contribution in [-0.4, -0.2) is 9.88 Å². The van der Waals surface area contributed by atoms with E-state index in [-0.39, 0.29) is 6.10 Å². The van der Waals surface area contributed by atoms with Crippen LogP contribution in [0.4, 0.5) is 0 Å². The van der Waals surface area contributed by atoms with E-state index in [0.29, 0.717) is 3.77 Å². The Balaban J connectivity index is 4.26. The molecule has 0 radical (unpaired) electrons. The molecule has 0 aromatic heterocycles. The van der Waals surface area contributed by atoms with Crippen molar-refractivity contribution in [2.45, 2.75) is 20.0 Å². The van der Waals surface area contributed by atoms with Gasteiger partial charge in [-0.25, -0.2) is 0 Å². The molecule has 0 aromatic carbocycles. The molecule has 0 bridgehead atoms. The Morgan fingerprint density at radius 2 is 2.00 bits per heavy atom. The first kappa shape index (κ1) is 9.43. The standard InChI is InChI=1S/C3H7O.CHCl.2O.Ti/c1-3(2)4;1-2;;;/h3H,1-2H3;1H;;;/q-1;;;;+1. The average Bonchev–Trinajstić information content (AvgIpc) is 1.63. The van der Waals surface area contributed by atoms with Crippen molar-refractivity contribution in [3.8, 4) is 0 Å². The van der Waals surface area contributed by atoms with Crippen LogP contribution in [0.15, 0.2) is 0 Å². The van der Waals surface area contributed by atoms with Gasteiger partial charge in [0.15, 0.2) is 0 Å². The van der Waals surface area contributed by atoms with Crippen LogP contribution in [0, 0.1) is 0 Å². The van der Waals surface area contributed by atoms with Gasteiger partial charge in [-0.15, -0.1) is 0 Å². The maximum absolute atomic E-state index is 10.5. The van der Waals surface area contributed by atoms with Crippen LogP contribution in [0.25, 0.3) is 0 Å². The Morgan fingerprint density at radius 1 is 1.56 bits per heavy atom. The summed E-state index contributed by atoms with van der Waals surface area (Å²) in [6.45, 7) is 3.27. The van der Waals surface area contributed by atoms with Crippen LogP contribution in [0.1, 0.15) is 13.8 Å². The number of rotatable bonds is 2. The molecule has 0 heterocycles. The molecule has 0 amide bonds. The zero-order valence-electron chi connectivity index (χ0n) is 5.26. The minimum atomic E-state index is -4.56. The van der Waals surface area contributed by atoms with Gasteiger partial charge < -0.3 is 0 Å². The van der Waals surface area contributed by atoms with Crippen molar-refractivity contribution >= 4 is 15.4 Å². The van der Waals surface area contributed by atoms with Gasteiger partial charge in [-0.1, -0.05) is 0 Å². The molecule has 5 heteroatoms. The zero-order chi connectivity index (χ0) is 7.49. The molecule has 53 valence electrons. The molecule has 3 nitrogen and oxygen atoms in total. The fraction of sp³-hybridized carbons (Fsp3) is 0.750. The van der Waals surface area contributed by atoms with Crippen LogP contribution >= 0.6 is 11.6 Å². The average molecular weight is 187 g/mol. The van der Waals surface area contributed by atoms with Gasteiger partial charge in [-0.3, -0.25) is 0 Å². The number of hydrogen-bond acceptors (Lipinski definition) is 3. The van der Waals surface area contributed by atoms with Crippen LogP contribution in [0.3, 0.4) is 0 Å². The second-order valence-corrected chi connectivity index (χ2v) is 5.37. The molecule has 0 rings (SSSR count). The molecule has 9 heavy (non-hydrogen) atoms. The molecular weight excluding hydrogens is 179 g/mol. The van der Waals surface area contributed by atoms with Crippen LogP contribution < -0.4 is 0 Å². The van der Waals surface area contributed by atoms with Crippen LogP contribution in [0.5, 0.6) is 0 Å². The fourth-order valence-corrected chi connectivity index (χ4v) is 1.67. The molecule has 0 unspecified atom stereocenters. The molecule has 0 saturated heterocycles. The normalized spacial score (nSPS) is 10.2. The molecule has 0 aromatic rings. The number of halogens is 1. The summed E-state index contributed by atoms with van der Waals surface area (Å²) in [7, 11) is 0. The van der Waals surface area contributed by atoms with E-state index in [9.17, 15) is 6.65 Å². The first-order chi connectivity index (χ1) is 3.98. The van der Waals surface area contributed by atoms with Gasteiger partial charge >= 0.3 is 61.7 Å². The van der Waals surface area contributed by atoms with E-state index in [2.05, 4.69) is 3.32 Å². The predicted octanol–water partition coefficient (Wildman–Crippen LogP) is 1.17. The van der Waals surface area contributed by atoms with Crippen molar-refractivity contribution in [3.63, 3.8) is 0 Å². The number of hydrogen-bond donors (Lipinski definition) is 0. The topological polar surface area (TPSA) is 43.4 Å². The second-order valence-electron chi connectivity index (χ2n) is 1.88. The van der Waals surface area contributed by atoms with Gasteiger partial charge in [0.05, 0.1) is 0 Å². The molecule has 0 aliphatic rings.